The van der Waals surface area contributed by atoms with Gasteiger partial charge >= 0.3 is 0 Å². The Morgan fingerprint density at radius 2 is 1.86 bits per heavy atom. The number of ether oxygens (including phenoxy) is 1. The monoisotopic (exact) mass is 304 g/mol. The number of likely N-dealkylation sites (tertiary alicyclic amines) is 1. The SMILES string of the molecule is COc1ccc(CC(=O)N(C)C2CCN(C(C)C)CC2)cc1. The third-order valence-corrected chi connectivity index (χ3v) is 4.68. The summed E-state index contributed by atoms with van der Waals surface area (Å²) in [7, 11) is 3.60. The van der Waals surface area contributed by atoms with E-state index in [1.807, 2.05) is 36.2 Å². The minimum Gasteiger partial charge on any atom is -0.497 e. The molecule has 0 bridgehead atoms. The van der Waals surface area contributed by atoms with Gasteiger partial charge in [-0.05, 0) is 44.4 Å². The molecule has 0 radical (unpaired) electrons. The van der Waals surface area contributed by atoms with Gasteiger partial charge in [-0.25, -0.2) is 0 Å². The second kappa shape index (κ2) is 7.63. The number of piperidine rings is 1. The molecular formula is C18H28N2O2. The maximum atomic E-state index is 12.5. The second-order valence-electron chi connectivity index (χ2n) is 6.39. The lowest BCUT2D eigenvalue weighted by molar-refractivity contribution is -0.132. The van der Waals surface area contributed by atoms with E-state index in [1.165, 1.54) is 0 Å². The van der Waals surface area contributed by atoms with Crippen LogP contribution in [0.4, 0.5) is 0 Å². The number of hydrogen-bond acceptors (Lipinski definition) is 3. The van der Waals surface area contributed by atoms with Gasteiger partial charge in [-0.1, -0.05) is 12.1 Å². The minimum absolute atomic E-state index is 0.202. The van der Waals surface area contributed by atoms with Gasteiger partial charge in [0.25, 0.3) is 0 Å². The number of rotatable bonds is 5. The summed E-state index contributed by atoms with van der Waals surface area (Å²) in [6, 6.07) is 8.72. The van der Waals surface area contributed by atoms with Gasteiger partial charge in [0.1, 0.15) is 5.75 Å². The van der Waals surface area contributed by atoms with Crippen molar-refractivity contribution in [2.24, 2.45) is 0 Å². The molecule has 0 unspecified atom stereocenters. The lowest BCUT2D eigenvalue weighted by Gasteiger charge is -2.38. The van der Waals surface area contributed by atoms with Crippen molar-refractivity contribution in [2.45, 2.75) is 45.2 Å². The van der Waals surface area contributed by atoms with Gasteiger partial charge in [-0.3, -0.25) is 4.79 Å². The van der Waals surface area contributed by atoms with Gasteiger partial charge in [0.15, 0.2) is 0 Å². The summed E-state index contributed by atoms with van der Waals surface area (Å²) < 4.78 is 5.15. The molecule has 1 aliphatic heterocycles. The van der Waals surface area contributed by atoms with E-state index >= 15 is 0 Å². The van der Waals surface area contributed by atoms with Crippen LogP contribution in [0.1, 0.15) is 32.3 Å². The average molecular weight is 304 g/mol. The van der Waals surface area contributed by atoms with E-state index < -0.39 is 0 Å². The highest BCUT2D eigenvalue weighted by molar-refractivity contribution is 5.78. The first kappa shape index (κ1) is 16.8. The van der Waals surface area contributed by atoms with Crippen LogP contribution in [0.25, 0.3) is 0 Å². The number of likely N-dealkylation sites (N-methyl/N-ethyl adjacent to an activating group) is 1. The highest BCUT2D eigenvalue weighted by Gasteiger charge is 2.26. The number of carbonyl (C=O) groups is 1. The van der Waals surface area contributed by atoms with Crippen LogP contribution < -0.4 is 4.74 Å². The molecule has 4 nitrogen and oxygen atoms in total. The number of methoxy groups -OCH3 is 1. The molecule has 1 aromatic rings. The summed E-state index contributed by atoms with van der Waals surface area (Å²) in [4.78, 5) is 16.9. The predicted octanol–water partition coefficient (Wildman–Crippen LogP) is 2.57. The van der Waals surface area contributed by atoms with E-state index in [4.69, 9.17) is 4.74 Å². The summed E-state index contributed by atoms with van der Waals surface area (Å²) in [5.74, 6) is 1.03. The van der Waals surface area contributed by atoms with Crippen LogP contribution in [0.3, 0.4) is 0 Å². The highest BCUT2D eigenvalue weighted by atomic mass is 16.5. The van der Waals surface area contributed by atoms with Crippen molar-refractivity contribution in [3.05, 3.63) is 29.8 Å². The summed E-state index contributed by atoms with van der Waals surface area (Å²) in [6.45, 7) is 6.64. The molecule has 0 aliphatic carbocycles. The molecule has 122 valence electrons. The fourth-order valence-corrected chi connectivity index (χ4v) is 3.04. The summed E-state index contributed by atoms with van der Waals surface area (Å²) in [6.07, 6.45) is 2.61. The van der Waals surface area contributed by atoms with E-state index in [2.05, 4.69) is 18.7 Å². The van der Waals surface area contributed by atoms with Crippen molar-refractivity contribution >= 4 is 5.91 Å². The van der Waals surface area contributed by atoms with Gasteiger partial charge in [-0.2, -0.15) is 0 Å². The molecule has 1 saturated heterocycles. The van der Waals surface area contributed by atoms with Crippen LogP contribution in [0, 0.1) is 0 Å². The normalized spacial score (nSPS) is 16.8. The van der Waals surface area contributed by atoms with E-state index in [-0.39, 0.29) is 5.91 Å². The number of hydrogen-bond donors (Lipinski definition) is 0. The molecule has 2 rings (SSSR count). The predicted molar refractivity (Wildman–Crippen MR) is 89.2 cm³/mol. The molecule has 0 spiro atoms. The van der Waals surface area contributed by atoms with Crippen molar-refractivity contribution in [3.63, 3.8) is 0 Å². The summed E-state index contributed by atoms with van der Waals surface area (Å²) in [5.41, 5.74) is 1.04. The number of benzene rings is 1. The minimum atomic E-state index is 0.202. The zero-order chi connectivity index (χ0) is 16.1. The molecular weight excluding hydrogens is 276 g/mol. The fourth-order valence-electron chi connectivity index (χ4n) is 3.04. The van der Waals surface area contributed by atoms with Gasteiger partial charge < -0.3 is 14.5 Å². The molecule has 0 N–H and O–H groups in total. The largest absolute Gasteiger partial charge is 0.497 e. The molecule has 22 heavy (non-hydrogen) atoms. The van der Waals surface area contributed by atoms with Crippen LogP contribution in [0.15, 0.2) is 24.3 Å². The molecule has 1 aromatic carbocycles. The Bertz CT molecular complexity index is 476. The number of carbonyl (C=O) groups excluding carboxylic acids is 1. The molecule has 4 heteroatoms. The molecule has 1 aliphatic rings. The van der Waals surface area contributed by atoms with Gasteiger partial charge in [0, 0.05) is 32.2 Å². The molecule has 0 aromatic heterocycles. The van der Waals surface area contributed by atoms with Crippen molar-refractivity contribution in [2.75, 3.05) is 27.2 Å². The molecule has 0 atom stereocenters. The van der Waals surface area contributed by atoms with Crippen LogP contribution in [-0.2, 0) is 11.2 Å². The lowest BCUT2D eigenvalue weighted by Crippen LogP contribution is -2.47. The van der Waals surface area contributed by atoms with Gasteiger partial charge in [0.05, 0.1) is 13.5 Å². The maximum Gasteiger partial charge on any atom is 0.226 e. The standard InChI is InChI=1S/C18H28N2O2/c1-14(2)20-11-9-16(10-12-20)19(3)18(21)13-15-5-7-17(22-4)8-6-15/h5-8,14,16H,9-13H2,1-4H3. The summed E-state index contributed by atoms with van der Waals surface area (Å²) in [5, 5.41) is 0. The highest BCUT2D eigenvalue weighted by Crippen LogP contribution is 2.19. The fraction of sp³-hybridized carbons (Fsp3) is 0.611. The van der Waals surface area contributed by atoms with E-state index in [0.717, 1.165) is 37.2 Å². The first-order valence-corrected chi connectivity index (χ1v) is 8.14. The Labute approximate surface area is 134 Å². The van der Waals surface area contributed by atoms with Crippen molar-refractivity contribution in [3.8, 4) is 5.75 Å². The number of nitrogens with zero attached hydrogens (tertiary/aromatic N) is 2. The lowest BCUT2D eigenvalue weighted by atomic mass is 10.0. The zero-order valence-corrected chi connectivity index (χ0v) is 14.2. The maximum absolute atomic E-state index is 12.5. The smallest absolute Gasteiger partial charge is 0.226 e. The van der Waals surface area contributed by atoms with Crippen LogP contribution in [0.5, 0.6) is 5.75 Å². The van der Waals surface area contributed by atoms with Crippen LogP contribution in [0.2, 0.25) is 0 Å². The van der Waals surface area contributed by atoms with E-state index in [1.54, 1.807) is 7.11 Å². The summed E-state index contributed by atoms with van der Waals surface area (Å²) >= 11 is 0. The first-order chi connectivity index (χ1) is 10.5. The van der Waals surface area contributed by atoms with Crippen LogP contribution in [-0.4, -0.2) is 55.0 Å². The Balaban J connectivity index is 1.86. The van der Waals surface area contributed by atoms with Crippen LogP contribution >= 0.6 is 0 Å². The first-order valence-electron chi connectivity index (χ1n) is 8.14. The third kappa shape index (κ3) is 4.23. The zero-order valence-electron chi connectivity index (χ0n) is 14.2. The quantitative estimate of drug-likeness (QED) is 0.838. The number of amides is 1. The van der Waals surface area contributed by atoms with Gasteiger partial charge in [0.2, 0.25) is 5.91 Å². The Morgan fingerprint density at radius 1 is 1.27 bits per heavy atom. The molecule has 0 saturated carbocycles. The third-order valence-electron chi connectivity index (χ3n) is 4.68. The Kier molecular flexibility index (Phi) is 5.83. The van der Waals surface area contributed by atoms with Gasteiger partial charge in [-0.15, -0.1) is 0 Å². The van der Waals surface area contributed by atoms with E-state index in [9.17, 15) is 4.79 Å². The van der Waals surface area contributed by atoms with Crippen molar-refractivity contribution < 1.29 is 9.53 Å². The second-order valence-corrected chi connectivity index (χ2v) is 6.39. The molecule has 1 heterocycles. The van der Waals surface area contributed by atoms with E-state index in [0.29, 0.717) is 18.5 Å². The molecule has 1 fully saturated rings. The molecule has 1 amide bonds. The topological polar surface area (TPSA) is 32.8 Å². The Morgan fingerprint density at radius 3 is 2.36 bits per heavy atom. The van der Waals surface area contributed by atoms with Crippen molar-refractivity contribution in [1.29, 1.82) is 0 Å². The Hall–Kier alpha value is -1.55. The van der Waals surface area contributed by atoms with Crippen molar-refractivity contribution in [1.82, 2.24) is 9.80 Å². The average Bonchev–Trinajstić information content (AvgIpc) is 2.55.